The molecule has 0 spiro atoms. The van der Waals surface area contributed by atoms with Crippen molar-refractivity contribution in [1.82, 2.24) is 88.0 Å². The largest absolute Gasteiger partial charge is 0.485 e. The Bertz CT molecular complexity index is 6360. The lowest BCUT2D eigenvalue weighted by atomic mass is 9.99. The van der Waals surface area contributed by atoms with Gasteiger partial charge >= 0.3 is 0 Å². The van der Waals surface area contributed by atoms with Crippen molar-refractivity contribution < 1.29 is 14.3 Å². The Morgan fingerprint density at radius 3 is 1.42 bits per heavy atom. The summed E-state index contributed by atoms with van der Waals surface area (Å²) < 4.78 is 22.6. The molecular formula is C86H66N24O3. The highest BCUT2D eigenvalue weighted by Crippen LogP contribution is 2.39. The lowest BCUT2D eigenvalue weighted by Gasteiger charge is -2.39. The van der Waals surface area contributed by atoms with Gasteiger partial charge in [0.05, 0.1) is 109 Å². The number of aryl methyl sites for hydroxylation is 2. The molecule has 16 heterocycles. The minimum Gasteiger partial charge on any atom is -0.485 e. The summed E-state index contributed by atoms with van der Waals surface area (Å²) in [6.45, 7) is 5.62. The lowest BCUT2D eigenvalue weighted by molar-refractivity contribution is -0.125. The van der Waals surface area contributed by atoms with Crippen LogP contribution in [0.3, 0.4) is 0 Å². The molecule has 0 unspecified atom stereocenters. The Hall–Kier alpha value is -15.7. The molecule has 3 saturated heterocycles. The number of anilines is 3. The molecule has 0 radical (unpaired) electrons. The summed E-state index contributed by atoms with van der Waals surface area (Å²) in [5.41, 5.74) is 17.1. The molecule has 19 rings (SSSR count). The quantitative estimate of drug-likeness (QED) is 0.0914. The summed E-state index contributed by atoms with van der Waals surface area (Å²) in [6, 6.07) is 46.6. The van der Waals surface area contributed by atoms with Crippen LogP contribution in [-0.4, -0.2) is 158 Å². The van der Waals surface area contributed by atoms with Gasteiger partial charge in [-0.25, -0.2) is 38.5 Å². The third kappa shape index (κ3) is 14.8. The Morgan fingerprint density at radius 2 is 0.965 bits per heavy atom. The fourth-order valence-electron chi connectivity index (χ4n) is 13.8. The predicted molar refractivity (Wildman–Crippen MR) is 423 cm³/mol. The second-order valence-corrected chi connectivity index (χ2v) is 27.5. The molecule has 1 aliphatic carbocycles. The van der Waals surface area contributed by atoms with Crippen molar-refractivity contribution in [3.8, 4) is 133 Å². The first-order chi connectivity index (χ1) is 55.4. The highest BCUT2D eigenvalue weighted by molar-refractivity contribution is 5.95. The maximum Gasteiger partial charge on any atom is 0.298 e. The molecule has 0 atom stereocenters. The molecule has 0 bridgehead atoms. The van der Waals surface area contributed by atoms with Gasteiger partial charge in [-0.1, -0.05) is 48.1 Å². The molecule has 0 N–H and O–H groups in total. The van der Waals surface area contributed by atoms with Crippen LogP contribution in [0, 0.1) is 70.5 Å². The number of hydrogen-bond donors (Lipinski definition) is 0. The van der Waals surface area contributed by atoms with Crippen molar-refractivity contribution in [3.63, 3.8) is 0 Å². The molecular weight excluding hydrogens is 1420 g/mol. The highest BCUT2D eigenvalue weighted by Gasteiger charge is 2.32. The van der Waals surface area contributed by atoms with Crippen molar-refractivity contribution in [2.45, 2.75) is 31.1 Å². The first kappa shape index (κ1) is 70.3. The second kappa shape index (κ2) is 30.5. The van der Waals surface area contributed by atoms with Crippen LogP contribution in [-0.2, 0) is 18.9 Å². The molecule has 15 aromatic rings. The molecule has 27 nitrogen and oxygen atoms in total. The number of amides is 1. The average Bonchev–Trinajstić information content (AvgIpc) is 1.69. The number of aromatic nitrogens is 17. The number of nitriles is 3. The summed E-state index contributed by atoms with van der Waals surface area (Å²) in [4.78, 5) is 43.1. The van der Waals surface area contributed by atoms with Crippen LogP contribution >= 0.6 is 0 Å². The lowest BCUT2D eigenvalue weighted by Crippen LogP contribution is -2.54. The minimum absolute atomic E-state index is 0.0529. The van der Waals surface area contributed by atoms with Gasteiger partial charge in [-0.15, -0.1) is 12.8 Å². The number of carbonyl (C=O) groups excluding carboxylic acids is 1. The normalized spacial score (nSPS) is 13.8. The first-order valence-electron chi connectivity index (χ1n) is 36.4. The molecule has 13 aromatic heterocycles. The number of terminal acetylenes is 2. The number of carbonyl (C=O) groups is 1. The van der Waals surface area contributed by atoms with E-state index in [1.807, 2.05) is 146 Å². The fourth-order valence-corrected chi connectivity index (χ4v) is 13.8. The zero-order valence-electron chi connectivity index (χ0n) is 61.1. The number of benzene rings is 2. The summed E-state index contributed by atoms with van der Waals surface area (Å²) in [5.74, 6) is 14.3. The van der Waals surface area contributed by atoms with E-state index in [9.17, 15) is 20.6 Å². The first-order valence-corrected chi connectivity index (χ1v) is 36.4. The minimum atomic E-state index is -0.138. The Morgan fingerprint density at radius 1 is 0.460 bits per heavy atom. The van der Waals surface area contributed by atoms with Crippen molar-refractivity contribution in [2.24, 2.45) is 14.1 Å². The molecule has 113 heavy (non-hydrogen) atoms. The van der Waals surface area contributed by atoms with E-state index in [-0.39, 0.29) is 18.1 Å². The average molecular weight is 1480 g/mol. The predicted octanol–water partition coefficient (Wildman–Crippen LogP) is 10.8. The van der Waals surface area contributed by atoms with Gasteiger partial charge in [0.15, 0.2) is 5.82 Å². The molecule has 1 amide bonds. The topological polar surface area (TPSA) is 290 Å². The van der Waals surface area contributed by atoms with Crippen molar-refractivity contribution in [1.29, 1.82) is 15.8 Å². The maximum absolute atomic E-state index is 12.6. The van der Waals surface area contributed by atoms with Gasteiger partial charge in [-0.05, 0) is 109 Å². The van der Waals surface area contributed by atoms with E-state index in [1.165, 1.54) is 12.8 Å². The maximum atomic E-state index is 12.6. The number of piperazine rings is 1. The second-order valence-electron chi connectivity index (χ2n) is 27.5. The molecule has 4 fully saturated rings. The zero-order chi connectivity index (χ0) is 77.1. The zero-order valence-corrected chi connectivity index (χ0v) is 61.1. The van der Waals surface area contributed by atoms with Crippen LogP contribution in [0.15, 0.2) is 214 Å². The smallest absolute Gasteiger partial charge is 0.298 e. The number of hydrogen-bond acceptors (Lipinski definition) is 20. The third-order valence-electron chi connectivity index (χ3n) is 20.0. The number of nitrogens with zero attached hydrogens (tertiary/aromatic N) is 24. The van der Waals surface area contributed by atoms with E-state index in [0.29, 0.717) is 70.0 Å². The Balaban J connectivity index is 0.000000123. The Labute approximate surface area is 648 Å². The number of fused-ring (bicyclic) bond motifs is 3. The molecule has 27 heteroatoms. The molecule has 4 aliphatic rings. The summed E-state index contributed by atoms with van der Waals surface area (Å²) >= 11 is 0. The van der Waals surface area contributed by atoms with Gasteiger partial charge in [0.25, 0.3) is 5.91 Å². The van der Waals surface area contributed by atoms with Crippen LogP contribution in [0.5, 0.6) is 11.5 Å². The standard InChI is InChI=1S/C31H25N7O.C29H22N8O.C26H19N9O/c1-35-21-27(20-33-35)25-17-29(31-26(18-32)19-34-38(31)22-25)24-8-10-28(11-9-24)36-13-15-37(16-14-36)30(39)12-7-23-5-3-2-4-6-23;1-2-23-4-7-25(14-31-23)38-26-17-35(18-26)28-8-3-19(11-32-28)27-9-20(15-37-29(27)21(10-30)12-34-37)22-13-33-36(16-22)24-5-6-24;1-3-20-5-6-21(12-28-20)36-22-14-34(15-22)24-7-4-17(10-29-24)23-8-18(26-30-16-33(2)32-26)13-35-25(23)19(9-27)11-31-35/h2-6,8-11,17,19-22H,13-16H2,1H3;1,3-4,7-9,11-16,24,26H,5-6,17-18H2;1,4-8,10-13,16,22H,14-15H2,2H3. The van der Waals surface area contributed by atoms with E-state index in [0.717, 1.165) is 134 Å². The van der Waals surface area contributed by atoms with Crippen molar-refractivity contribution in [2.75, 3.05) is 67.1 Å². The number of rotatable bonds is 14. The number of ether oxygens (including phenoxy) is 2. The van der Waals surface area contributed by atoms with Crippen LogP contribution in [0.25, 0.3) is 83.6 Å². The van der Waals surface area contributed by atoms with E-state index in [2.05, 4.69) is 150 Å². The van der Waals surface area contributed by atoms with E-state index in [1.54, 1.807) is 72.4 Å². The van der Waals surface area contributed by atoms with Crippen LogP contribution in [0.1, 0.15) is 52.5 Å². The van der Waals surface area contributed by atoms with Crippen LogP contribution in [0.4, 0.5) is 17.3 Å². The summed E-state index contributed by atoms with van der Waals surface area (Å²) in [6.07, 6.45) is 40.0. The van der Waals surface area contributed by atoms with Gasteiger partial charge in [0.2, 0.25) is 0 Å². The molecule has 2 aromatic carbocycles. The van der Waals surface area contributed by atoms with Gasteiger partial charge in [-0.2, -0.15) is 46.4 Å². The van der Waals surface area contributed by atoms with Crippen molar-refractivity contribution in [3.05, 3.63) is 248 Å². The third-order valence-corrected chi connectivity index (χ3v) is 20.0. The summed E-state index contributed by atoms with van der Waals surface area (Å²) in [5, 5.41) is 55.5. The van der Waals surface area contributed by atoms with Crippen LogP contribution < -0.4 is 24.2 Å². The van der Waals surface area contributed by atoms with Gasteiger partial charge in [-0.3, -0.25) is 18.8 Å². The van der Waals surface area contributed by atoms with E-state index >= 15 is 0 Å². The Kier molecular flexibility index (Phi) is 19.0. The SMILES string of the molecule is C#Cc1ccc(OC2CN(c3ccc(-c4cc(-c5cnn(C6CC6)c5)cn5ncc(C#N)c45)cn3)C2)cn1.C#Cc1ccc(OC2CN(c3ccc(-c4cc(-c5ncn(C)n5)cn5ncc(C#N)c45)cn3)C2)cn1.Cn1cc(-c2cc(-c3ccc(N4CCN(C(=O)C#Cc5ccccc5)CC4)cc3)c3c(C#N)cnn3c2)cn1. The van der Waals surface area contributed by atoms with E-state index in [4.69, 9.17) is 27.3 Å². The van der Waals surface area contributed by atoms with Crippen LogP contribution in [0.2, 0.25) is 0 Å². The fraction of sp³-hybridized carbons (Fsp3) is 0.174. The van der Waals surface area contributed by atoms with Crippen molar-refractivity contribution >= 4 is 39.8 Å². The van der Waals surface area contributed by atoms with Gasteiger partial charge in [0, 0.05) is 156 Å². The molecule has 548 valence electrons. The molecule has 1 saturated carbocycles. The highest BCUT2D eigenvalue weighted by atomic mass is 16.5. The number of pyridine rings is 7. The summed E-state index contributed by atoms with van der Waals surface area (Å²) in [7, 11) is 3.70. The molecule has 3 aliphatic heterocycles. The van der Waals surface area contributed by atoms with E-state index < -0.39 is 0 Å². The van der Waals surface area contributed by atoms with Gasteiger partial charge < -0.3 is 29.1 Å². The monoisotopic (exact) mass is 1480 g/mol. The van der Waals surface area contributed by atoms with Gasteiger partial charge in [0.1, 0.15) is 71.3 Å².